The average molecular weight is 414 g/mol. The maximum Gasteiger partial charge on any atom is 0.214 e. The molecule has 0 aromatic carbocycles. The largest absolute Gasteiger partial charge is 0.471 e. The minimum atomic E-state index is -0.122. The van der Waals surface area contributed by atoms with Crippen LogP contribution < -0.4 is 15.4 Å². The van der Waals surface area contributed by atoms with Crippen LogP contribution in [0.25, 0.3) is 0 Å². The molecule has 0 spiro atoms. The van der Waals surface area contributed by atoms with Gasteiger partial charge in [0.15, 0.2) is 0 Å². The van der Waals surface area contributed by atoms with Crippen LogP contribution in [0.2, 0.25) is 0 Å². The van der Waals surface area contributed by atoms with Crippen molar-refractivity contribution < 1.29 is 9.47 Å². The first-order chi connectivity index (χ1) is 14.5. The van der Waals surface area contributed by atoms with E-state index in [2.05, 4.69) is 21.8 Å². The number of hydrogen-bond donors (Lipinski definition) is 2. The average Bonchev–Trinajstić information content (AvgIpc) is 3.54. The summed E-state index contributed by atoms with van der Waals surface area (Å²) in [5.41, 5.74) is 8.16. The molecule has 7 heteroatoms. The van der Waals surface area contributed by atoms with Gasteiger partial charge in [0.25, 0.3) is 0 Å². The molecule has 2 aromatic heterocycles. The van der Waals surface area contributed by atoms with Gasteiger partial charge in [0.2, 0.25) is 5.88 Å². The number of aromatic nitrogens is 2. The third-order valence-electron chi connectivity index (χ3n) is 4.85. The highest BCUT2D eigenvalue weighted by Gasteiger charge is 2.40. The number of ether oxygens (including phenoxy) is 2. The number of nitrogens with two attached hydrogens (primary N) is 1. The molecule has 1 aliphatic carbocycles. The highest BCUT2D eigenvalue weighted by Crippen LogP contribution is 2.39. The van der Waals surface area contributed by atoms with Gasteiger partial charge < -0.3 is 20.1 Å². The Labute approximate surface area is 180 Å². The van der Waals surface area contributed by atoms with Gasteiger partial charge in [-0.25, -0.2) is 9.97 Å². The zero-order valence-corrected chi connectivity index (χ0v) is 18.9. The SMILES string of the molecule is CC.CC.CC1(Oc2cc(C(=N)c3ccnc(N4CCOCC4)c3)c(N)cn2)CC1. The van der Waals surface area contributed by atoms with Gasteiger partial charge in [-0.3, -0.25) is 5.41 Å². The summed E-state index contributed by atoms with van der Waals surface area (Å²) in [6.07, 6.45) is 5.35. The monoisotopic (exact) mass is 413 g/mol. The van der Waals surface area contributed by atoms with Gasteiger partial charge >= 0.3 is 0 Å². The fourth-order valence-electron chi connectivity index (χ4n) is 2.94. The van der Waals surface area contributed by atoms with Gasteiger partial charge in [-0.15, -0.1) is 0 Å². The lowest BCUT2D eigenvalue weighted by molar-refractivity contribution is 0.122. The van der Waals surface area contributed by atoms with Crippen LogP contribution in [-0.2, 0) is 4.74 Å². The summed E-state index contributed by atoms with van der Waals surface area (Å²) in [5.74, 6) is 1.37. The molecular formula is C23H35N5O2. The molecule has 164 valence electrons. The van der Waals surface area contributed by atoms with Crippen LogP contribution in [-0.4, -0.2) is 47.6 Å². The second kappa shape index (κ2) is 10.9. The first-order valence-electron chi connectivity index (χ1n) is 10.9. The summed E-state index contributed by atoms with van der Waals surface area (Å²) in [5, 5.41) is 8.63. The third-order valence-corrected chi connectivity index (χ3v) is 4.85. The Bertz CT molecular complexity index is 830. The Hall–Kier alpha value is -2.67. The quantitative estimate of drug-likeness (QED) is 0.710. The van der Waals surface area contributed by atoms with Crippen LogP contribution in [0.5, 0.6) is 5.88 Å². The van der Waals surface area contributed by atoms with Gasteiger partial charge in [0.1, 0.15) is 11.4 Å². The molecule has 2 fully saturated rings. The van der Waals surface area contributed by atoms with E-state index in [0.717, 1.165) is 37.3 Å². The van der Waals surface area contributed by atoms with Crippen molar-refractivity contribution in [2.75, 3.05) is 36.9 Å². The van der Waals surface area contributed by atoms with Crippen LogP contribution >= 0.6 is 0 Å². The van der Waals surface area contributed by atoms with Crippen molar-refractivity contribution in [1.82, 2.24) is 9.97 Å². The highest BCUT2D eigenvalue weighted by atomic mass is 16.5. The van der Waals surface area contributed by atoms with Crippen LogP contribution in [0.1, 0.15) is 58.6 Å². The standard InChI is InChI=1S/C19H23N5O2.2C2H6/c1-19(3-4-19)26-17-11-14(15(20)12-23-17)18(21)13-2-5-22-16(10-13)24-6-8-25-9-7-24;2*1-2/h2,5,10-12,21H,3-4,6-9,20H2,1H3;2*1-2H3. The predicted octanol–water partition coefficient (Wildman–Crippen LogP) is 4.30. The number of anilines is 2. The van der Waals surface area contributed by atoms with E-state index in [-0.39, 0.29) is 5.60 Å². The van der Waals surface area contributed by atoms with Gasteiger partial charge in [0, 0.05) is 36.5 Å². The molecule has 1 saturated carbocycles. The smallest absolute Gasteiger partial charge is 0.214 e. The molecule has 0 amide bonds. The third kappa shape index (κ3) is 5.92. The zero-order valence-electron chi connectivity index (χ0n) is 18.9. The van der Waals surface area contributed by atoms with Crippen LogP contribution in [0, 0.1) is 5.41 Å². The molecule has 0 unspecified atom stereocenters. The lowest BCUT2D eigenvalue weighted by atomic mass is 10.0. The first kappa shape index (κ1) is 23.6. The molecule has 2 aliphatic rings. The number of morpholine rings is 1. The molecule has 30 heavy (non-hydrogen) atoms. The fourth-order valence-corrected chi connectivity index (χ4v) is 2.94. The summed E-state index contributed by atoms with van der Waals surface area (Å²) in [6.45, 7) is 13.1. The second-order valence-electron chi connectivity index (χ2n) is 7.04. The molecule has 1 saturated heterocycles. The molecule has 1 aliphatic heterocycles. The fraction of sp³-hybridized carbons (Fsp3) is 0.522. The van der Waals surface area contributed by atoms with Gasteiger partial charge in [-0.05, 0) is 31.9 Å². The molecule has 3 N–H and O–H groups in total. The molecule has 0 radical (unpaired) electrons. The number of pyridine rings is 2. The van der Waals surface area contributed by atoms with E-state index in [1.807, 2.05) is 39.8 Å². The number of nitrogen functional groups attached to an aromatic ring is 1. The van der Waals surface area contributed by atoms with E-state index < -0.39 is 0 Å². The van der Waals surface area contributed by atoms with Crippen molar-refractivity contribution in [3.8, 4) is 5.88 Å². The summed E-state index contributed by atoms with van der Waals surface area (Å²) in [4.78, 5) is 10.9. The minimum Gasteiger partial charge on any atom is -0.471 e. The summed E-state index contributed by atoms with van der Waals surface area (Å²) < 4.78 is 11.3. The van der Waals surface area contributed by atoms with E-state index in [4.69, 9.17) is 20.6 Å². The van der Waals surface area contributed by atoms with Crippen molar-refractivity contribution in [2.45, 2.75) is 53.1 Å². The Morgan fingerprint density at radius 1 is 1.13 bits per heavy atom. The van der Waals surface area contributed by atoms with Crippen molar-refractivity contribution in [1.29, 1.82) is 5.41 Å². The Balaban J connectivity index is 0.000000757. The summed E-state index contributed by atoms with van der Waals surface area (Å²) in [6, 6.07) is 5.52. The van der Waals surface area contributed by atoms with Crippen LogP contribution in [0.4, 0.5) is 11.5 Å². The van der Waals surface area contributed by atoms with Crippen molar-refractivity contribution in [2.24, 2.45) is 0 Å². The van der Waals surface area contributed by atoms with Crippen LogP contribution in [0.15, 0.2) is 30.6 Å². The molecule has 0 atom stereocenters. The predicted molar refractivity (Wildman–Crippen MR) is 123 cm³/mol. The maximum atomic E-state index is 8.63. The lowest BCUT2D eigenvalue weighted by Crippen LogP contribution is -2.36. The molecular weight excluding hydrogens is 378 g/mol. The maximum absolute atomic E-state index is 8.63. The molecule has 3 heterocycles. The number of nitrogens with one attached hydrogen (secondary N) is 1. The van der Waals surface area contributed by atoms with Crippen molar-refractivity contribution in [3.63, 3.8) is 0 Å². The van der Waals surface area contributed by atoms with Gasteiger partial charge in [-0.1, -0.05) is 27.7 Å². The van der Waals surface area contributed by atoms with Crippen molar-refractivity contribution in [3.05, 3.63) is 41.7 Å². The topological polar surface area (TPSA) is 97.3 Å². The van der Waals surface area contributed by atoms with Crippen molar-refractivity contribution >= 4 is 17.2 Å². The minimum absolute atomic E-state index is 0.122. The van der Waals surface area contributed by atoms with E-state index in [0.29, 0.717) is 36.1 Å². The molecule has 4 rings (SSSR count). The van der Waals surface area contributed by atoms with Gasteiger partial charge in [0.05, 0.1) is 30.8 Å². The van der Waals surface area contributed by atoms with Crippen LogP contribution in [0.3, 0.4) is 0 Å². The molecule has 2 aromatic rings. The summed E-state index contributed by atoms with van der Waals surface area (Å²) >= 11 is 0. The van der Waals surface area contributed by atoms with Gasteiger partial charge in [-0.2, -0.15) is 0 Å². The zero-order chi connectivity index (χ0) is 22.1. The highest BCUT2D eigenvalue weighted by molar-refractivity contribution is 6.14. The molecule has 7 nitrogen and oxygen atoms in total. The lowest BCUT2D eigenvalue weighted by Gasteiger charge is -2.28. The van der Waals surface area contributed by atoms with E-state index in [9.17, 15) is 0 Å². The number of rotatable bonds is 5. The normalized spacial score (nSPS) is 16.4. The van der Waals surface area contributed by atoms with E-state index in [1.54, 1.807) is 18.5 Å². The summed E-state index contributed by atoms with van der Waals surface area (Å²) in [7, 11) is 0. The molecule has 0 bridgehead atoms. The Kier molecular flexibility index (Phi) is 8.59. The first-order valence-corrected chi connectivity index (χ1v) is 10.9. The number of nitrogens with zero attached hydrogens (tertiary/aromatic N) is 3. The second-order valence-corrected chi connectivity index (χ2v) is 7.04. The Morgan fingerprint density at radius 3 is 2.43 bits per heavy atom. The Morgan fingerprint density at radius 2 is 1.80 bits per heavy atom. The van der Waals surface area contributed by atoms with E-state index >= 15 is 0 Å². The number of hydrogen-bond acceptors (Lipinski definition) is 7. The van der Waals surface area contributed by atoms with E-state index in [1.165, 1.54) is 0 Å².